The van der Waals surface area contributed by atoms with E-state index in [1.54, 1.807) is 0 Å². The molecule has 0 aliphatic carbocycles. The molecule has 0 aromatic heterocycles. The van der Waals surface area contributed by atoms with E-state index in [1.807, 2.05) is 0 Å². The third-order valence-corrected chi connectivity index (χ3v) is 2.03. The summed E-state index contributed by atoms with van der Waals surface area (Å²) >= 11 is 5.35. The minimum atomic E-state index is -0.478. The molecule has 0 aliphatic heterocycles. The third kappa shape index (κ3) is 1.98. The number of hydrogen-bond donors (Lipinski definition) is 1. The van der Waals surface area contributed by atoms with Crippen LogP contribution >= 0.6 is 11.6 Å². The van der Waals surface area contributed by atoms with E-state index in [0.717, 1.165) is 0 Å². The van der Waals surface area contributed by atoms with Crippen molar-refractivity contribution in [3.8, 4) is 0 Å². The van der Waals surface area contributed by atoms with Crippen molar-refractivity contribution in [2.75, 3.05) is 11.6 Å². The van der Waals surface area contributed by atoms with Crippen LogP contribution in [0.2, 0.25) is 0 Å². The van der Waals surface area contributed by atoms with Gasteiger partial charge in [-0.25, -0.2) is 4.39 Å². The molecule has 0 unspecified atom stereocenters. The first kappa shape index (κ1) is 9.99. The minimum absolute atomic E-state index is 0.163. The second-order valence-electron chi connectivity index (χ2n) is 2.73. The van der Waals surface area contributed by atoms with Gasteiger partial charge in [-0.2, -0.15) is 0 Å². The molecule has 2 N–H and O–H groups in total. The van der Waals surface area contributed by atoms with Gasteiger partial charge in [-0.1, -0.05) is 0 Å². The maximum absolute atomic E-state index is 13.1. The van der Waals surface area contributed by atoms with Gasteiger partial charge in [0.05, 0.1) is 5.88 Å². The minimum Gasteiger partial charge on any atom is -0.399 e. The van der Waals surface area contributed by atoms with E-state index in [9.17, 15) is 9.18 Å². The molecule has 0 aliphatic rings. The summed E-state index contributed by atoms with van der Waals surface area (Å²) in [6.07, 6.45) is 0. The smallest absolute Gasteiger partial charge is 0.178 e. The monoisotopic (exact) mass is 201 g/mol. The normalized spacial score (nSPS) is 10.1. The lowest BCUT2D eigenvalue weighted by Gasteiger charge is -2.05. The number of Topliss-reactive ketones (excluding diaryl/α,β-unsaturated/α-hetero) is 1. The van der Waals surface area contributed by atoms with Gasteiger partial charge in [0.15, 0.2) is 5.78 Å². The number of halogens is 2. The van der Waals surface area contributed by atoms with Crippen LogP contribution in [0, 0.1) is 12.7 Å². The van der Waals surface area contributed by atoms with Gasteiger partial charge in [-0.05, 0) is 24.6 Å². The number of anilines is 1. The van der Waals surface area contributed by atoms with E-state index in [2.05, 4.69) is 0 Å². The predicted octanol–water partition coefficient (Wildman–Crippen LogP) is 2.14. The second-order valence-corrected chi connectivity index (χ2v) is 3.00. The van der Waals surface area contributed by atoms with Gasteiger partial charge in [-0.3, -0.25) is 4.79 Å². The molecule has 0 bridgehead atoms. The highest BCUT2D eigenvalue weighted by atomic mass is 35.5. The first-order valence-electron chi connectivity index (χ1n) is 3.71. The summed E-state index contributed by atoms with van der Waals surface area (Å²) < 4.78 is 13.1. The molecule has 1 aromatic rings. The first-order valence-corrected chi connectivity index (χ1v) is 4.24. The van der Waals surface area contributed by atoms with E-state index in [-0.39, 0.29) is 22.9 Å². The van der Waals surface area contributed by atoms with Crippen molar-refractivity contribution in [1.29, 1.82) is 0 Å². The number of nitrogen functional groups attached to an aromatic ring is 1. The number of nitrogens with two attached hydrogens (primary N) is 1. The Kier molecular flexibility index (Phi) is 2.88. The van der Waals surface area contributed by atoms with Gasteiger partial charge in [0, 0.05) is 11.3 Å². The molecule has 0 atom stereocenters. The molecule has 0 saturated heterocycles. The summed E-state index contributed by atoms with van der Waals surface area (Å²) in [7, 11) is 0. The zero-order valence-electron chi connectivity index (χ0n) is 7.10. The molecule has 2 nitrogen and oxygen atoms in total. The lowest BCUT2D eigenvalue weighted by atomic mass is 10.0. The Labute approximate surface area is 80.5 Å². The molecule has 0 amide bonds. The SMILES string of the molecule is Cc1c(F)cc(N)cc1C(=O)CCl. The van der Waals surface area contributed by atoms with Crippen molar-refractivity contribution in [2.45, 2.75) is 6.92 Å². The topological polar surface area (TPSA) is 43.1 Å². The summed E-state index contributed by atoms with van der Waals surface area (Å²) in [5, 5.41) is 0. The molecule has 0 heterocycles. The van der Waals surface area contributed by atoms with Crippen molar-refractivity contribution in [2.24, 2.45) is 0 Å². The van der Waals surface area contributed by atoms with Crippen LogP contribution in [0.5, 0.6) is 0 Å². The summed E-state index contributed by atoms with van der Waals surface area (Å²) in [5.74, 6) is -0.956. The van der Waals surface area contributed by atoms with Crippen LogP contribution in [-0.4, -0.2) is 11.7 Å². The highest BCUT2D eigenvalue weighted by Crippen LogP contribution is 2.17. The largest absolute Gasteiger partial charge is 0.399 e. The second kappa shape index (κ2) is 3.75. The molecule has 1 aromatic carbocycles. The van der Waals surface area contributed by atoms with E-state index in [1.165, 1.54) is 19.1 Å². The molecule has 1 rings (SSSR count). The van der Waals surface area contributed by atoms with E-state index in [0.29, 0.717) is 5.56 Å². The maximum Gasteiger partial charge on any atom is 0.178 e. The fourth-order valence-electron chi connectivity index (χ4n) is 1.06. The number of carbonyl (C=O) groups is 1. The number of alkyl halides is 1. The zero-order valence-corrected chi connectivity index (χ0v) is 7.86. The molecule has 0 spiro atoms. The standard InChI is InChI=1S/C9H9ClFNO/c1-5-7(9(13)4-10)2-6(12)3-8(5)11/h2-3H,4,12H2,1H3. The molecule has 0 radical (unpaired) electrons. The zero-order chi connectivity index (χ0) is 10.0. The van der Waals surface area contributed by atoms with Crippen LogP contribution in [0.1, 0.15) is 15.9 Å². The third-order valence-electron chi connectivity index (χ3n) is 1.79. The number of benzene rings is 1. The predicted molar refractivity (Wildman–Crippen MR) is 50.6 cm³/mol. The van der Waals surface area contributed by atoms with E-state index >= 15 is 0 Å². The highest BCUT2D eigenvalue weighted by molar-refractivity contribution is 6.30. The van der Waals surface area contributed by atoms with Crippen molar-refractivity contribution in [1.82, 2.24) is 0 Å². The van der Waals surface area contributed by atoms with Gasteiger partial charge in [0.2, 0.25) is 0 Å². The lowest BCUT2D eigenvalue weighted by Crippen LogP contribution is -2.06. The Morgan fingerprint density at radius 3 is 2.77 bits per heavy atom. The molecule has 13 heavy (non-hydrogen) atoms. The number of hydrogen-bond acceptors (Lipinski definition) is 2. The van der Waals surface area contributed by atoms with Gasteiger partial charge >= 0.3 is 0 Å². The molecule has 0 fully saturated rings. The summed E-state index contributed by atoms with van der Waals surface area (Å²) in [5.41, 5.74) is 6.17. The average molecular weight is 202 g/mol. The number of rotatable bonds is 2. The number of carbonyl (C=O) groups excluding carboxylic acids is 1. The molecular weight excluding hydrogens is 193 g/mol. The molecule has 4 heteroatoms. The Morgan fingerprint density at radius 2 is 2.23 bits per heavy atom. The van der Waals surface area contributed by atoms with Crippen LogP contribution in [0.3, 0.4) is 0 Å². The van der Waals surface area contributed by atoms with Crippen LogP contribution in [-0.2, 0) is 0 Å². The highest BCUT2D eigenvalue weighted by Gasteiger charge is 2.11. The Hall–Kier alpha value is -1.09. The van der Waals surface area contributed by atoms with Gasteiger partial charge in [0.1, 0.15) is 5.82 Å². The van der Waals surface area contributed by atoms with Crippen LogP contribution in [0.15, 0.2) is 12.1 Å². The van der Waals surface area contributed by atoms with Crippen molar-refractivity contribution in [3.05, 3.63) is 29.1 Å². The van der Waals surface area contributed by atoms with Gasteiger partial charge in [-0.15, -0.1) is 11.6 Å². The van der Waals surface area contributed by atoms with Gasteiger partial charge < -0.3 is 5.73 Å². The molecule has 0 saturated carbocycles. The van der Waals surface area contributed by atoms with Crippen LogP contribution in [0.4, 0.5) is 10.1 Å². The fraction of sp³-hybridized carbons (Fsp3) is 0.222. The Balaban J connectivity index is 3.28. The van der Waals surface area contributed by atoms with E-state index in [4.69, 9.17) is 17.3 Å². The average Bonchev–Trinajstić information content (AvgIpc) is 2.10. The van der Waals surface area contributed by atoms with Gasteiger partial charge in [0.25, 0.3) is 0 Å². The summed E-state index contributed by atoms with van der Waals surface area (Å²) in [4.78, 5) is 11.2. The van der Waals surface area contributed by atoms with Crippen molar-refractivity contribution >= 4 is 23.1 Å². The summed E-state index contributed by atoms with van der Waals surface area (Å²) in [6, 6.07) is 2.61. The fourth-order valence-corrected chi connectivity index (χ4v) is 1.21. The number of ketones is 1. The van der Waals surface area contributed by atoms with E-state index < -0.39 is 5.82 Å². The van der Waals surface area contributed by atoms with Crippen molar-refractivity contribution in [3.63, 3.8) is 0 Å². The van der Waals surface area contributed by atoms with Crippen molar-refractivity contribution < 1.29 is 9.18 Å². The van der Waals surface area contributed by atoms with Crippen LogP contribution < -0.4 is 5.73 Å². The molecule has 70 valence electrons. The molecular formula is C9H9ClFNO. The quantitative estimate of drug-likeness (QED) is 0.453. The lowest BCUT2D eigenvalue weighted by molar-refractivity contribution is 0.102. The Morgan fingerprint density at radius 1 is 1.62 bits per heavy atom. The summed E-state index contributed by atoms with van der Waals surface area (Å²) in [6.45, 7) is 1.52. The first-order chi connectivity index (χ1) is 6.06. The Bertz CT molecular complexity index is 352. The maximum atomic E-state index is 13.1. The van der Waals surface area contributed by atoms with Crippen LogP contribution in [0.25, 0.3) is 0 Å².